The zero-order valence-corrected chi connectivity index (χ0v) is 14.5. The van der Waals surface area contributed by atoms with Crippen LogP contribution in [0.4, 0.5) is 0 Å². The Morgan fingerprint density at radius 3 is 2.73 bits per heavy atom. The third kappa shape index (κ3) is 2.86. The Labute approximate surface area is 150 Å². The van der Waals surface area contributed by atoms with E-state index in [1.165, 1.54) is 0 Å². The number of hydrogen-bond acceptors (Lipinski definition) is 4. The highest BCUT2D eigenvalue weighted by molar-refractivity contribution is 5.95. The van der Waals surface area contributed by atoms with Gasteiger partial charge in [0, 0.05) is 36.1 Å². The van der Waals surface area contributed by atoms with E-state index in [4.69, 9.17) is 4.42 Å². The smallest absolute Gasteiger partial charge is 0.255 e. The molecule has 0 saturated carbocycles. The molecule has 0 aliphatic heterocycles. The van der Waals surface area contributed by atoms with Gasteiger partial charge in [-0.05, 0) is 25.1 Å². The van der Waals surface area contributed by atoms with Crippen molar-refractivity contribution in [1.29, 1.82) is 0 Å². The normalized spacial score (nSPS) is 12.2. The highest BCUT2D eigenvalue weighted by Crippen LogP contribution is 2.28. The second kappa shape index (κ2) is 6.48. The molecule has 0 unspecified atom stereocenters. The predicted octanol–water partition coefficient (Wildman–Crippen LogP) is 3.39. The number of fused-ring (bicyclic) bond motifs is 1. The lowest BCUT2D eigenvalue weighted by Crippen LogP contribution is -2.29. The number of nitrogens with one attached hydrogen (secondary N) is 1. The van der Waals surface area contributed by atoms with Crippen molar-refractivity contribution < 1.29 is 9.21 Å². The molecule has 1 N–H and O–H groups in total. The molecular formula is C20H18N4O2. The summed E-state index contributed by atoms with van der Waals surface area (Å²) in [5.74, 6) is 0.457. The first-order valence-electron chi connectivity index (χ1n) is 8.31. The van der Waals surface area contributed by atoms with Crippen molar-refractivity contribution >= 4 is 16.9 Å². The number of amides is 1. The number of rotatable bonds is 4. The van der Waals surface area contributed by atoms with E-state index in [0.717, 1.165) is 22.2 Å². The molecule has 1 amide bonds. The first-order valence-corrected chi connectivity index (χ1v) is 8.31. The number of hydrogen-bond donors (Lipinski definition) is 1. The van der Waals surface area contributed by atoms with Crippen LogP contribution in [0.1, 0.15) is 33.4 Å². The number of para-hydroxylation sites is 1. The fraction of sp³-hybridized carbons (Fsp3) is 0.150. The lowest BCUT2D eigenvalue weighted by Gasteiger charge is -2.16. The SMILES string of the molecule is Cc1c(C(=O)N[C@H](c2cccnc2)c2cc3ccccc3o2)cnn1C. The minimum Gasteiger partial charge on any atom is -0.459 e. The van der Waals surface area contributed by atoms with E-state index in [2.05, 4.69) is 15.4 Å². The second-order valence-electron chi connectivity index (χ2n) is 6.15. The molecule has 0 bridgehead atoms. The van der Waals surface area contributed by atoms with Crippen LogP contribution in [-0.4, -0.2) is 20.7 Å². The lowest BCUT2D eigenvalue weighted by molar-refractivity contribution is 0.0938. The van der Waals surface area contributed by atoms with E-state index in [-0.39, 0.29) is 5.91 Å². The van der Waals surface area contributed by atoms with Crippen LogP contribution in [0.2, 0.25) is 0 Å². The first-order chi connectivity index (χ1) is 12.6. The van der Waals surface area contributed by atoms with Crippen molar-refractivity contribution in [2.45, 2.75) is 13.0 Å². The van der Waals surface area contributed by atoms with Gasteiger partial charge in [-0.25, -0.2) is 0 Å². The monoisotopic (exact) mass is 346 g/mol. The van der Waals surface area contributed by atoms with Crippen molar-refractivity contribution in [3.8, 4) is 0 Å². The molecule has 3 heterocycles. The van der Waals surface area contributed by atoms with E-state index in [1.807, 2.05) is 56.4 Å². The summed E-state index contributed by atoms with van der Waals surface area (Å²) < 4.78 is 7.67. The summed E-state index contributed by atoms with van der Waals surface area (Å²) in [5, 5.41) is 8.19. The quantitative estimate of drug-likeness (QED) is 0.615. The van der Waals surface area contributed by atoms with Gasteiger partial charge < -0.3 is 9.73 Å². The van der Waals surface area contributed by atoms with Crippen molar-refractivity contribution in [1.82, 2.24) is 20.1 Å². The van der Waals surface area contributed by atoms with Gasteiger partial charge in [0.1, 0.15) is 17.4 Å². The fourth-order valence-corrected chi connectivity index (χ4v) is 2.94. The van der Waals surface area contributed by atoms with Gasteiger partial charge in [-0.2, -0.15) is 5.10 Å². The van der Waals surface area contributed by atoms with Crippen LogP contribution >= 0.6 is 0 Å². The summed E-state index contributed by atoms with van der Waals surface area (Å²) in [5.41, 5.74) is 2.97. The van der Waals surface area contributed by atoms with E-state index in [9.17, 15) is 4.79 Å². The van der Waals surface area contributed by atoms with Crippen molar-refractivity contribution in [2.24, 2.45) is 7.05 Å². The molecule has 6 heteroatoms. The summed E-state index contributed by atoms with van der Waals surface area (Å²) in [4.78, 5) is 17.0. The number of nitrogens with zero attached hydrogens (tertiary/aromatic N) is 3. The van der Waals surface area contributed by atoms with Gasteiger partial charge >= 0.3 is 0 Å². The minimum atomic E-state index is -0.441. The third-order valence-corrected chi connectivity index (χ3v) is 4.50. The predicted molar refractivity (Wildman–Crippen MR) is 97.7 cm³/mol. The molecule has 3 aromatic heterocycles. The van der Waals surface area contributed by atoms with Gasteiger partial charge in [-0.1, -0.05) is 24.3 Å². The van der Waals surface area contributed by atoms with Gasteiger partial charge in [0.15, 0.2) is 0 Å². The molecular weight excluding hydrogens is 328 g/mol. The van der Waals surface area contributed by atoms with Crippen LogP contribution in [0.15, 0.2) is 65.5 Å². The van der Waals surface area contributed by atoms with Crippen molar-refractivity contribution in [3.05, 3.63) is 83.6 Å². The summed E-state index contributed by atoms with van der Waals surface area (Å²) in [6.45, 7) is 1.86. The van der Waals surface area contributed by atoms with Gasteiger partial charge in [0.2, 0.25) is 0 Å². The maximum absolute atomic E-state index is 12.8. The molecule has 0 radical (unpaired) electrons. The Morgan fingerprint density at radius 2 is 2.04 bits per heavy atom. The van der Waals surface area contributed by atoms with E-state index in [0.29, 0.717) is 11.3 Å². The van der Waals surface area contributed by atoms with E-state index < -0.39 is 6.04 Å². The topological polar surface area (TPSA) is 73.0 Å². The van der Waals surface area contributed by atoms with E-state index in [1.54, 1.807) is 23.3 Å². The summed E-state index contributed by atoms with van der Waals surface area (Å²) in [6, 6.07) is 13.0. The van der Waals surface area contributed by atoms with Gasteiger partial charge in [-0.15, -0.1) is 0 Å². The van der Waals surface area contributed by atoms with Crippen LogP contribution in [0.25, 0.3) is 11.0 Å². The second-order valence-corrected chi connectivity index (χ2v) is 6.15. The number of furan rings is 1. The van der Waals surface area contributed by atoms with Gasteiger partial charge in [-0.3, -0.25) is 14.5 Å². The average molecular weight is 346 g/mol. The molecule has 0 aliphatic rings. The highest BCUT2D eigenvalue weighted by Gasteiger charge is 2.23. The number of pyridine rings is 1. The maximum atomic E-state index is 12.8. The van der Waals surface area contributed by atoms with Crippen molar-refractivity contribution in [3.63, 3.8) is 0 Å². The molecule has 1 aromatic carbocycles. The van der Waals surface area contributed by atoms with Gasteiger partial charge in [0.25, 0.3) is 5.91 Å². The molecule has 0 fully saturated rings. The Morgan fingerprint density at radius 1 is 1.19 bits per heavy atom. The highest BCUT2D eigenvalue weighted by atomic mass is 16.3. The summed E-state index contributed by atoms with van der Waals surface area (Å²) in [6.07, 6.45) is 5.00. The molecule has 0 aliphatic carbocycles. The van der Waals surface area contributed by atoms with Gasteiger partial charge in [0.05, 0.1) is 11.8 Å². The van der Waals surface area contributed by atoms with Crippen LogP contribution in [0, 0.1) is 6.92 Å². The Kier molecular flexibility index (Phi) is 4.01. The molecule has 6 nitrogen and oxygen atoms in total. The summed E-state index contributed by atoms with van der Waals surface area (Å²) in [7, 11) is 1.81. The van der Waals surface area contributed by atoms with E-state index >= 15 is 0 Å². The van der Waals surface area contributed by atoms with Crippen molar-refractivity contribution in [2.75, 3.05) is 0 Å². The lowest BCUT2D eigenvalue weighted by atomic mass is 10.1. The number of aromatic nitrogens is 3. The number of carbonyl (C=O) groups excluding carboxylic acids is 1. The standard InChI is InChI=1S/C20H18N4O2/c1-13-16(12-22-24(13)2)20(25)23-19(15-7-5-9-21-11-15)18-10-14-6-3-4-8-17(14)26-18/h3-12,19H,1-2H3,(H,23,25)/t19-/m1/s1. The summed E-state index contributed by atoms with van der Waals surface area (Å²) >= 11 is 0. The molecule has 0 saturated heterocycles. The molecule has 130 valence electrons. The zero-order valence-electron chi connectivity index (χ0n) is 14.5. The number of carbonyl (C=O) groups is 1. The molecule has 4 aromatic rings. The fourth-order valence-electron chi connectivity index (χ4n) is 2.94. The van der Waals surface area contributed by atoms with Crippen LogP contribution < -0.4 is 5.32 Å². The molecule has 4 rings (SSSR count). The van der Waals surface area contributed by atoms with Crippen LogP contribution in [0.5, 0.6) is 0 Å². The maximum Gasteiger partial charge on any atom is 0.255 e. The number of benzene rings is 1. The largest absolute Gasteiger partial charge is 0.459 e. The molecule has 0 spiro atoms. The Hall–Kier alpha value is -3.41. The molecule has 1 atom stereocenters. The Bertz CT molecular complexity index is 1030. The minimum absolute atomic E-state index is 0.204. The molecule has 26 heavy (non-hydrogen) atoms. The van der Waals surface area contributed by atoms with Crippen LogP contribution in [-0.2, 0) is 7.05 Å². The number of aryl methyl sites for hydroxylation is 1. The first kappa shape index (κ1) is 16.1. The Balaban J connectivity index is 1.74. The average Bonchev–Trinajstić information content (AvgIpc) is 3.24. The zero-order chi connectivity index (χ0) is 18.1. The van der Waals surface area contributed by atoms with Crippen LogP contribution in [0.3, 0.4) is 0 Å². The third-order valence-electron chi connectivity index (χ3n) is 4.50.